The molecule has 0 spiro atoms. The van der Waals surface area contributed by atoms with Gasteiger partial charge < -0.3 is 5.73 Å². The number of nitrogens with zero attached hydrogens (tertiary/aromatic N) is 2. The van der Waals surface area contributed by atoms with Crippen molar-refractivity contribution in [1.29, 1.82) is 0 Å². The first-order valence-electron chi connectivity index (χ1n) is 3.21. The molecule has 12 heavy (non-hydrogen) atoms. The van der Waals surface area contributed by atoms with Crippen molar-refractivity contribution in [2.24, 2.45) is 10.7 Å². The molecule has 1 aromatic heterocycles. The summed E-state index contributed by atoms with van der Waals surface area (Å²) in [6.07, 6.45) is 1.67. The van der Waals surface area contributed by atoms with E-state index in [9.17, 15) is 4.79 Å². The first kappa shape index (κ1) is 7.75. The van der Waals surface area contributed by atoms with Crippen LogP contribution in [0, 0.1) is 0 Å². The number of carbonyl (C=O) groups is 1. The van der Waals surface area contributed by atoms with Crippen molar-refractivity contribution >= 4 is 34.2 Å². The summed E-state index contributed by atoms with van der Waals surface area (Å²) in [7, 11) is 0. The summed E-state index contributed by atoms with van der Waals surface area (Å²) in [6, 6.07) is 0. The lowest BCUT2D eigenvalue weighted by atomic mass is 10.4. The smallest absolute Gasteiger partial charge is 0.268 e. The average molecular weight is 199 g/mol. The molecule has 1 amide bonds. The van der Waals surface area contributed by atoms with Gasteiger partial charge in [-0.1, -0.05) is 11.8 Å². The summed E-state index contributed by atoms with van der Waals surface area (Å²) in [4.78, 5) is 18.8. The fourth-order valence-electron chi connectivity index (χ4n) is 0.885. The molecule has 2 heterocycles. The summed E-state index contributed by atoms with van der Waals surface area (Å²) < 4.78 is 0. The van der Waals surface area contributed by atoms with Crippen LogP contribution in [-0.2, 0) is 4.79 Å². The molecular weight excluding hydrogens is 194 g/mol. The standard InChI is InChI=1S/C6H5N3OS2/c7-6-9-4(10)3(12-6)5-8-1-2-11-5/h1-3H,(H2,7,9,10). The third-order valence-corrected chi connectivity index (χ3v) is 3.34. The molecule has 0 radical (unpaired) electrons. The summed E-state index contributed by atoms with van der Waals surface area (Å²) >= 11 is 2.70. The van der Waals surface area contributed by atoms with Crippen molar-refractivity contribution in [3.05, 3.63) is 16.6 Å². The van der Waals surface area contributed by atoms with Gasteiger partial charge >= 0.3 is 0 Å². The van der Waals surface area contributed by atoms with E-state index in [4.69, 9.17) is 5.73 Å². The zero-order valence-corrected chi connectivity index (χ0v) is 7.56. The predicted molar refractivity (Wildman–Crippen MR) is 49.1 cm³/mol. The van der Waals surface area contributed by atoms with Gasteiger partial charge in [-0.05, 0) is 0 Å². The van der Waals surface area contributed by atoms with Crippen LogP contribution in [0.5, 0.6) is 0 Å². The van der Waals surface area contributed by atoms with E-state index in [0.717, 1.165) is 5.01 Å². The van der Waals surface area contributed by atoms with Gasteiger partial charge in [0.1, 0.15) is 10.3 Å². The van der Waals surface area contributed by atoms with E-state index in [1.807, 2.05) is 5.38 Å². The van der Waals surface area contributed by atoms with Crippen molar-refractivity contribution in [1.82, 2.24) is 4.98 Å². The topological polar surface area (TPSA) is 68.3 Å². The molecule has 0 aliphatic carbocycles. The van der Waals surface area contributed by atoms with Crippen LogP contribution in [0.1, 0.15) is 10.3 Å². The van der Waals surface area contributed by atoms with Crippen LogP contribution in [0.25, 0.3) is 0 Å². The number of nitrogens with two attached hydrogens (primary N) is 1. The van der Waals surface area contributed by atoms with Crippen molar-refractivity contribution in [2.45, 2.75) is 5.25 Å². The van der Waals surface area contributed by atoms with Gasteiger partial charge in [-0.15, -0.1) is 11.3 Å². The van der Waals surface area contributed by atoms with Gasteiger partial charge in [0.25, 0.3) is 5.91 Å². The highest BCUT2D eigenvalue weighted by molar-refractivity contribution is 8.15. The normalized spacial score (nSPS) is 22.8. The molecule has 0 aromatic carbocycles. The van der Waals surface area contributed by atoms with Crippen LogP contribution in [0.4, 0.5) is 0 Å². The summed E-state index contributed by atoms with van der Waals surface area (Å²) in [5, 5.41) is 2.64. The third-order valence-electron chi connectivity index (χ3n) is 1.36. The van der Waals surface area contributed by atoms with Gasteiger partial charge in [-0.3, -0.25) is 4.79 Å². The van der Waals surface area contributed by atoms with E-state index >= 15 is 0 Å². The number of hydrogen-bond donors (Lipinski definition) is 1. The van der Waals surface area contributed by atoms with Crippen LogP contribution in [-0.4, -0.2) is 16.1 Å². The Kier molecular flexibility index (Phi) is 1.86. The largest absolute Gasteiger partial charge is 0.378 e. The zero-order valence-electron chi connectivity index (χ0n) is 5.93. The lowest BCUT2D eigenvalue weighted by molar-refractivity contribution is -0.117. The lowest BCUT2D eigenvalue weighted by Gasteiger charge is -1.98. The number of hydrogen-bond acceptors (Lipinski definition) is 5. The molecular formula is C6H5N3OS2. The lowest BCUT2D eigenvalue weighted by Crippen LogP contribution is -2.02. The van der Waals surface area contributed by atoms with Crippen molar-refractivity contribution < 1.29 is 4.79 Å². The molecule has 1 atom stereocenters. The van der Waals surface area contributed by atoms with Gasteiger partial charge in [-0.25, -0.2) is 4.98 Å². The Morgan fingerprint density at radius 1 is 1.58 bits per heavy atom. The second-order valence-electron chi connectivity index (χ2n) is 2.16. The quantitative estimate of drug-likeness (QED) is 0.725. The molecule has 1 unspecified atom stereocenters. The molecule has 1 aliphatic heterocycles. The molecule has 0 saturated carbocycles. The second-order valence-corrected chi connectivity index (χ2v) is 4.21. The van der Waals surface area contributed by atoms with Crippen LogP contribution in [0.3, 0.4) is 0 Å². The fourth-order valence-corrected chi connectivity index (χ4v) is 2.50. The SMILES string of the molecule is NC1=NC(=O)C(c2nccs2)S1. The Labute approximate surface area is 76.9 Å². The number of thiazole rings is 1. The number of carbonyl (C=O) groups excluding carboxylic acids is 1. The number of rotatable bonds is 1. The number of aromatic nitrogens is 1. The van der Waals surface area contributed by atoms with Crippen LogP contribution < -0.4 is 5.73 Å². The van der Waals surface area contributed by atoms with Crippen LogP contribution >= 0.6 is 23.1 Å². The van der Waals surface area contributed by atoms with E-state index in [-0.39, 0.29) is 11.2 Å². The van der Waals surface area contributed by atoms with Crippen molar-refractivity contribution in [3.63, 3.8) is 0 Å². The van der Waals surface area contributed by atoms with E-state index in [1.165, 1.54) is 23.1 Å². The molecule has 0 saturated heterocycles. The number of amides is 1. The molecule has 62 valence electrons. The number of aliphatic imine (C=N–C) groups is 1. The van der Waals surface area contributed by atoms with Gasteiger partial charge in [0, 0.05) is 11.6 Å². The average Bonchev–Trinajstić information content (AvgIpc) is 2.58. The minimum Gasteiger partial charge on any atom is -0.378 e. The minimum atomic E-state index is -0.301. The van der Waals surface area contributed by atoms with Gasteiger partial charge in [0.05, 0.1) is 0 Å². The van der Waals surface area contributed by atoms with Gasteiger partial charge in [0.15, 0.2) is 5.17 Å². The molecule has 0 bridgehead atoms. The second kappa shape index (κ2) is 2.87. The number of thioether (sulfide) groups is 1. The van der Waals surface area contributed by atoms with Crippen LogP contribution in [0.15, 0.2) is 16.6 Å². The van der Waals surface area contributed by atoms with Gasteiger partial charge in [-0.2, -0.15) is 4.99 Å². The Morgan fingerprint density at radius 2 is 2.42 bits per heavy atom. The zero-order chi connectivity index (χ0) is 8.55. The summed E-state index contributed by atoms with van der Waals surface area (Å²) in [5.74, 6) is -0.201. The Morgan fingerprint density at radius 3 is 2.92 bits per heavy atom. The van der Waals surface area contributed by atoms with E-state index in [2.05, 4.69) is 9.98 Å². The maximum absolute atomic E-state index is 11.2. The maximum atomic E-state index is 11.2. The monoisotopic (exact) mass is 199 g/mol. The highest BCUT2D eigenvalue weighted by Crippen LogP contribution is 2.35. The maximum Gasteiger partial charge on any atom is 0.268 e. The predicted octanol–water partition coefficient (Wildman–Crippen LogP) is 0.772. The first-order chi connectivity index (χ1) is 5.77. The highest BCUT2D eigenvalue weighted by Gasteiger charge is 2.30. The Hall–Kier alpha value is -0.880. The van der Waals surface area contributed by atoms with Crippen LogP contribution in [0.2, 0.25) is 0 Å². The molecule has 1 aromatic rings. The molecule has 2 rings (SSSR count). The molecule has 4 nitrogen and oxygen atoms in total. The summed E-state index contributed by atoms with van der Waals surface area (Å²) in [6.45, 7) is 0. The van der Waals surface area contributed by atoms with E-state index in [1.54, 1.807) is 6.20 Å². The molecule has 2 N–H and O–H groups in total. The molecule has 1 aliphatic rings. The first-order valence-corrected chi connectivity index (χ1v) is 4.97. The van der Waals surface area contributed by atoms with Crippen molar-refractivity contribution in [2.75, 3.05) is 0 Å². The third kappa shape index (κ3) is 1.23. The minimum absolute atomic E-state index is 0.201. The number of amidine groups is 1. The highest BCUT2D eigenvalue weighted by atomic mass is 32.2. The summed E-state index contributed by atoms with van der Waals surface area (Å²) in [5.41, 5.74) is 5.39. The Bertz CT molecular complexity index is 333. The molecule has 0 fully saturated rings. The molecule has 6 heteroatoms. The Balaban J connectivity index is 2.25. The van der Waals surface area contributed by atoms with E-state index in [0.29, 0.717) is 5.17 Å². The van der Waals surface area contributed by atoms with E-state index < -0.39 is 0 Å². The van der Waals surface area contributed by atoms with Gasteiger partial charge in [0.2, 0.25) is 0 Å². The fraction of sp³-hybridized carbons (Fsp3) is 0.167. The van der Waals surface area contributed by atoms with Crippen molar-refractivity contribution in [3.8, 4) is 0 Å².